The van der Waals surface area contributed by atoms with E-state index in [2.05, 4.69) is 19.9 Å². The number of nitrogens with one attached hydrogen (secondary N) is 1. The highest BCUT2D eigenvalue weighted by atomic mass is 19.4. The smallest absolute Gasteiger partial charge is 0.345 e. The maximum absolute atomic E-state index is 13.3. The number of pyridine rings is 2. The van der Waals surface area contributed by atoms with Gasteiger partial charge in [-0.1, -0.05) is 12.1 Å². The average Bonchev–Trinajstić information content (AvgIpc) is 2.72. The minimum atomic E-state index is -4.65. The van der Waals surface area contributed by atoms with Crippen molar-refractivity contribution in [3.05, 3.63) is 75.8 Å². The van der Waals surface area contributed by atoms with Crippen molar-refractivity contribution < 1.29 is 13.2 Å². The number of halogens is 3. The Morgan fingerprint density at radius 2 is 1.77 bits per heavy atom. The Kier molecular flexibility index (Phi) is 4.54. The largest absolute Gasteiger partial charge is 0.433 e. The van der Waals surface area contributed by atoms with Gasteiger partial charge < -0.3 is 4.98 Å². The highest BCUT2D eigenvalue weighted by Gasteiger charge is 2.33. The number of nitriles is 1. The monoisotopic (exact) mass is 407 g/mol. The van der Waals surface area contributed by atoms with Crippen LogP contribution in [0, 0.1) is 18.3 Å². The first-order valence-corrected chi connectivity index (χ1v) is 8.72. The molecule has 0 fully saturated rings. The molecule has 1 aromatic carbocycles. The zero-order chi connectivity index (χ0) is 21.5. The fourth-order valence-corrected chi connectivity index (χ4v) is 3.07. The van der Waals surface area contributed by atoms with Crippen molar-refractivity contribution in [1.82, 2.24) is 19.9 Å². The summed E-state index contributed by atoms with van der Waals surface area (Å²) in [7, 11) is 0. The van der Waals surface area contributed by atoms with Crippen LogP contribution >= 0.6 is 0 Å². The van der Waals surface area contributed by atoms with Gasteiger partial charge in [-0.25, -0.2) is 15.0 Å². The van der Waals surface area contributed by atoms with Crippen LogP contribution in [0.5, 0.6) is 0 Å². The molecule has 3 heterocycles. The summed E-state index contributed by atoms with van der Waals surface area (Å²) in [4.78, 5) is 27.4. The molecule has 4 aromatic rings. The van der Waals surface area contributed by atoms with Crippen molar-refractivity contribution in [3.8, 4) is 28.6 Å². The minimum absolute atomic E-state index is 0.00397. The maximum Gasteiger partial charge on any atom is 0.433 e. The van der Waals surface area contributed by atoms with Gasteiger partial charge in [0.2, 0.25) is 5.43 Å². The van der Waals surface area contributed by atoms with Crippen LogP contribution in [0.2, 0.25) is 0 Å². The highest BCUT2D eigenvalue weighted by Crippen LogP contribution is 2.34. The minimum Gasteiger partial charge on any atom is -0.345 e. The second-order valence-corrected chi connectivity index (χ2v) is 6.53. The van der Waals surface area contributed by atoms with Crippen LogP contribution in [-0.4, -0.2) is 19.9 Å². The van der Waals surface area contributed by atoms with E-state index in [0.29, 0.717) is 11.1 Å². The summed E-state index contributed by atoms with van der Waals surface area (Å²) in [5.41, 5.74) is 0.0987. The van der Waals surface area contributed by atoms with Crippen molar-refractivity contribution in [1.29, 1.82) is 5.26 Å². The first-order valence-electron chi connectivity index (χ1n) is 8.72. The predicted octanol–water partition coefficient (Wildman–Crippen LogP) is 4.25. The first-order chi connectivity index (χ1) is 14.3. The summed E-state index contributed by atoms with van der Waals surface area (Å²) in [5, 5.41) is 9.20. The van der Waals surface area contributed by atoms with Crippen LogP contribution in [-0.2, 0) is 6.18 Å². The van der Waals surface area contributed by atoms with E-state index >= 15 is 0 Å². The van der Waals surface area contributed by atoms with Crippen molar-refractivity contribution in [2.24, 2.45) is 0 Å². The number of benzene rings is 1. The van der Waals surface area contributed by atoms with Gasteiger partial charge in [-0.05, 0) is 31.2 Å². The summed E-state index contributed by atoms with van der Waals surface area (Å²) in [6, 6.07) is 12.0. The summed E-state index contributed by atoms with van der Waals surface area (Å²) >= 11 is 0. The zero-order valence-corrected chi connectivity index (χ0v) is 15.4. The lowest BCUT2D eigenvalue weighted by molar-refractivity contribution is -0.141. The number of hydrogen-bond acceptors (Lipinski definition) is 5. The number of aryl methyl sites for hydroxylation is 1. The molecule has 0 saturated carbocycles. The SMILES string of the molecule is Cc1cc(-c2nc3c(=O)cc[nH]c3nc2-c2cccc(C#N)c2)cc(C(F)(F)F)n1. The van der Waals surface area contributed by atoms with Crippen molar-refractivity contribution in [3.63, 3.8) is 0 Å². The molecule has 0 saturated heterocycles. The van der Waals surface area contributed by atoms with E-state index in [4.69, 9.17) is 0 Å². The van der Waals surface area contributed by atoms with Crippen LogP contribution in [0.4, 0.5) is 13.2 Å². The number of fused-ring (bicyclic) bond motifs is 1. The molecule has 0 spiro atoms. The molecule has 4 rings (SSSR count). The van der Waals surface area contributed by atoms with E-state index in [1.54, 1.807) is 24.3 Å². The number of alkyl halides is 3. The molecule has 0 aliphatic heterocycles. The number of H-pyrrole nitrogens is 1. The molecule has 0 aliphatic carbocycles. The van der Waals surface area contributed by atoms with Gasteiger partial charge in [0.1, 0.15) is 5.69 Å². The summed E-state index contributed by atoms with van der Waals surface area (Å²) in [5.74, 6) is 0. The van der Waals surface area contributed by atoms with E-state index in [1.807, 2.05) is 6.07 Å². The van der Waals surface area contributed by atoms with Crippen molar-refractivity contribution in [2.75, 3.05) is 0 Å². The molecule has 0 amide bonds. The molecule has 1 N–H and O–H groups in total. The Bertz CT molecular complexity index is 1390. The maximum atomic E-state index is 13.3. The number of rotatable bonds is 2. The van der Waals surface area contributed by atoms with Gasteiger partial charge in [-0.2, -0.15) is 18.4 Å². The Morgan fingerprint density at radius 1 is 1.00 bits per heavy atom. The van der Waals surface area contributed by atoms with Crippen molar-refractivity contribution in [2.45, 2.75) is 13.1 Å². The third-order valence-electron chi connectivity index (χ3n) is 4.37. The van der Waals surface area contributed by atoms with Crippen LogP contribution in [0.1, 0.15) is 17.0 Å². The van der Waals surface area contributed by atoms with Gasteiger partial charge in [0, 0.05) is 29.1 Å². The number of hydrogen-bond donors (Lipinski definition) is 1. The van der Waals surface area contributed by atoms with Gasteiger partial charge in [-0.15, -0.1) is 0 Å². The third-order valence-corrected chi connectivity index (χ3v) is 4.37. The molecule has 148 valence electrons. The summed E-state index contributed by atoms with van der Waals surface area (Å²) in [6.07, 6.45) is -3.24. The van der Waals surface area contributed by atoms with Crippen LogP contribution in [0.25, 0.3) is 33.7 Å². The average molecular weight is 407 g/mol. The second-order valence-electron chi connectivity index (χ2n) is 6.53. The van der Waals surface area contributed by atoms with Gasteiger partial charge >= 0.3 is 6.18 Å². The van der Waals surface area contributed by atoms with Gasteiger partial charge in [0.05, 0.1) is 23.0 Å². The van der Waals surface area contributed by atoms with Crippen molar-refractivity contribution >= 4 is 11.2 Å². The number of aromatic nitrogens is 4. The van der Waals surface area contributed by atoms with Crippen LogP contribution in [0.15, 0.2) is 53.5 Å². The number of aromatic amines is 1. The Hall–Kier alpha value is -4.06. The van der Waals surface area contributed by atoms with Crippen LogP contribution in [0.3, 0.4) is 0 Å². The van der Waals surface area contributed by atoms with Crippen LogP contribution < -0.4 is 5.43 Å². The lowest BCUT2D eigenvalue weighted by Gasteiger charge is -2.13. The highest BCUT2D eigenvalue weighted by molar-refractivity contribution is 5.85. The Balaban J connectivity index is 2.08. The van der Waals surface area contributed by atoms with E-state index in [9.17, 15) is 23.2 Å². The quantitative estimate of drug-likeness (QED) is 0.536. The van der Waals surface area contributed by atoms with Gasteiger partial charge in [0.25, 0.3) is 0 Å². The Labute approximate surface area is 167 Å². The molecular formula is C21H12F3N5O. The van der Waals surface area contributed by atoms with E-state index in [-0.39, 0.29) is 33.8 Å². The number of nitrogens with zero attached hydrogens (tertiary/aromatic N) is 4. The molecule has 0 unspecified atom stereocenters. The lowest BCUT2D eigenvalue weighted by atomic mass is 10.0. The molecule has 0 atom stereocenters. The topological polar surface area (TPSA) is 95.3 Å². The lowest BCUT2D eigenvalue weighted by Crippen LogP contribution is -2.10. The molecule has 30 heavy (non-hydrogen) atoms. The summed E-state index contributed by atoms with van der Waals surface area (Å²) < 4.78 is 39.9. The fraction of sp³-hybridized carbons (Fsp3) is 0.0952. The normalized spacial score (nSPS) is 11.4. The molecule has 0 radical (unpaired) electrons. The van der Waals surface area contributed by atoms with E-state index < -0.39 is 17.3 Å². The van der Waals surface area contributed by atoms with E-state index in [1.165, 1.54) is 25.3 Å². The molecule has 6 nitrogen and oxygen atoms in total. The van der Waals surface area contributed by atoms with Gasteiger partial charge in [-0.3, -0.25) is 4.79 Å². The predicted molar refractivity (Wildman–Crippen MR) is 103 cm³/mol. The molecule has 9 heteroatoms. The molecular weight excluding hydrogens is 395 g/mol. The van der Waals surface area contributed by atoms with E-state index in [0.717, 1.165) is 6.07 Å². The third kappa shape index (κ3) is 3.51. The standard InChI is InChI=1S/C21H12F3N5O/c1-11-7-14(9-16(27-11)21(22,23)24)18-17(13-4-2-3-12(8-13)10-25)29-20-19(28-18)15(30)5-6-26-20/h2-9H,1H3,(H,26,29,30). The molecule has 0 aliphatic rings. The second kappa shape index (κ2) is 7.08. The Morgan fingerprint density at radius 3 is 2.50 bits per heavy atom. The summed E-state index contributed by atoms with van der Waals surface area (Å²) in [6.45, 7) is 1.44. The first kappa shape index (κ1) is 19.3. The fourth-order valence-electron chi connectivity index (χ4n) is 3.07. The molecule has 3 aromatic heterocycles. The molecule has 0 bridgehead atoms. The van der Waals surface area contributed by atoms with Gasteiger partial charge in [0.15, 0.2) is 11.2 Å². The zero-order valence-electron chi connectivity index (χ0n) is 15.4.